The molecule has 86 valence electrons. The van der Waals surface area contributed by atoms with Crippen molar-refractivity contribution in [3.05, 3.63) is 10.6 Å². The number of thioether (sulfide) groups is 1. The maximum atomic E-state index is 11.2. The topological polar surface area (TPSA) is 101 Å². The van der Waals surface area contributed by atoms with Gasteiger partial charge in [0, 0.05) is 10.9 Å². The molecular weight excluding hydrogens is 280 g/mol. The molecule has 0 bridgehead atoms. The molecular formula is C9H7NNa2O5S. The van der Waals surface area contributed by atoms with E-state index in [9.17, 15) is 24.6 Å². The second-order valence-electron chi connectivity index (χ2n) is 3.47. The molecule has 1 amide bonds. The van der Waals surface area contributed by atoms with Crippen LogP contribution in [0.5, 0.6) is 0 Å². The summed E-state index contributed by atoms with van der Waals surface area (Å²) in [5, 5.41) is 20.9. The minimum atomic E-state index is -1.43. The molecule has 0 aromatic rings. The molecule has 0 unspecified atom stereocenters. The largest absolute Gasteiger partial charge is 1.00 e. The van der Waals surface area contributed by atoms with E-state index in [1.54, 1.807) is 0 Å². The van der Waals surface area contributed by atoms with Crippen LogP contribution in [0.3, 0.4) is 0 Å². The van der Waals surface area contributed by atoms with Crippen LogP contribution in [0.1, 0.15) is 19.3 Å². The van der Waals surface area contributed by atoms with Crippen molar-refractivity contribution in [3.8, 4) is 0 Å². The van der Waals surface area contributed by atoms with Gasteiger partial charge in [0.25, 0.3) is 0 Å². The second-order valence-corrected chi connectivity index (χ2v) is 4.74. The Morgan fingerprint density at radius 1 is 1.33 bits per heavy atom. The van der Waals surface area contributed by atoms with Gasteiger partial charge in [-0.05, 0) is 12.8 Å². The fourth-order valence-corrected chi connectivity index (χ4v) is 3.11. The molecule has 0 N–H and O–H groups in total. The number of carbonyl (C=O) groups excluding carboxylic acids is 3. The zero-order chi connectivity index (χ0) is 11.9. The van der Waals surface area contributed by atoms with E-state index < -0.39 is 11.9 Å². The summed E-state index contributed by atoms with van der Waals surface area (Å²) in [6, 6.07) is 0. The molecule has 2 aliphatic heterocycles. The van der Waals surface area contributed by atoms with Gasteiger partial charge in [0.15, 0.2) is 0 Å². The van der Waals surface area contributed by atoms with Gasteiger partial charge in [0.2, 0.25) is 5.91 Å². The van der Waals surface area contributed by atoms with Crippen LogP contribution in [0.25, 0.3) is 0 Å². The summed E-state index contributed by atoms with van der Waals surface area (Å²) < 4.78 is 0. The first-order valence-electron chi connectivity index (χ1n) is 4.63. The molecule has 6 nitrogen and oxygen atoms in total. The third kappa shape index (κ3) is 3.53. The maximum Gasteiger partial charge on any atom is 1.00 e. The molecule has 2 rings (SSSR count). The van der Waals surface area contributed by atoms with Gasteiger partial charge in [-0.3, -0.25) is 9.69 Å². The predicted octanol–water partition coefficient (Wildman–Crippen LogP) is -8.21. The number of hydrogen-bond donors (Lipinski definition) is 0. The number of amides is 1. The van der Waals surface area contributed by atoms with Gasteiger partial charge in [-0.2, -0.15) is 0 Å². The monoisotopic (exact) mass is 287 g/mol. The molecule has 1 atom stereocenters. The zero-order valence-electron chi connectivity index (χ0n) is 10.1. The van der Waals surface area contributed by atoms with Gasteiger partial charge in [-0.1, -0.05) is 0 Å². The molecule has 18 heavy (non-hydrogen) atoms. The average molecular weight is 287 g/mol. The van der Waals surface area contributed by atoms with Crippen molar-refractivity contribution in [3.63, 3.8) is 0 Å². The Morgan fingerprint density at radius 3 is 2.39 bits per heavy atom. The van der Waals surface area contributed by atoms with E-state index >= 15 is 0 Å². The Bertz CT molecular complexity index is 425. The fraction of sp³-hybridized carbons (Fsp3) is 0.444. The van der Waals surface area contributed by atoms with Gasteiger partial charge < -0.3 is 19.8 Å². The van der Waals surface area contributed by atoms with E-state index in [0.29, 0.717) is 4.91 Å². The normalized spacial score (nSPS) is 20.6. The number of fused-ring (bicyclic) bond motifs is 1. The van der Waals surface area contributed by atoms with Crippen molar-refractivity contribution in [1.82, 2.24) is 4.90 Å². The first kappa shape index (κ1) is 18.5. The Morgan fingerprint density at radius 2 is 1.94 bits per heavy atom. The van der Waals surface area contributed by atoms with Crippen LogP contribution in [-0.4, -0.2) is 28.1 Å². The van der Waals surface area contributed by atoms with E-state index in [2.05, 4.69) is 0 Å². The van der Waals surface area contributed by atoms with Gasteiger partial charge in [0.1, 0.15) is 0 Å². The summed E-state index contributed by atoms with van der Waals surface area (Å²) in [6.07, 6.45) is 0.0979. The standard InChI is InChI=1S/C9H9NO5S.2Na/c11-5-3-6-10(5)8(9(14)15)4(16-6)1-2-7(12)13;;/h6H,1-3H2,(H,12,13)(H,14,15);;/q;2*+1/p-2/t6-;;/m0../s1. The third-order valence-corrected chi connectivity index (χ3v) is 3.77. The molecule has 1 saturated heterocycles. The van der Waals surface area contributed by atoms with Crippen molar-refractivity contribution in [2.75, 3.05) is 0 Å². The smallest absolute Gasteiger partial charge is 0.550 e. The molecule has 0 aliphatic carbocycles. The molecule has 2 heterocycles. The summed E-state index contributed by atoms with van der Waals surface area (Å²) in [4.78, 5) is 33.9. The Labute approximate surface area is 152 Å². The Hall–Kier alpha value is 0.500. The van der Waals surface area contributed by atoms with Gasteiger partial charge in [-0.25, -0.2) is 0 Å². The quantitative estimate of drug-likeness (QED) is 0.376. The number of aliphatic carboxylic acids is 2. The van der Waals surface area contributed by atoms with Crippen LogP contribution >= 0.6 is 11.8 Å². The van der Waals surface area contributed by atoms with Crippen molar-refractivity contribution in [2.45, 2.75) is 24.6 Å². The average Bonchev–Trinajstić information content (AvgIpc) is 2.47. The van der Waals surface area contributed by atoms with Gasteiger partial charge in [-0.15, -0.1) is 11.8 Å². The van der Waals surface area contributed by atoms with Crippen LogP contribution in [0.4, 0.5) is 0 Å². The number of allylic oxidation sites excluding steroid dienone is 1. The summed E-state index contributed by atoms with van der Waals surface area (Å²) in [7, 11) is 0. The van der Waals surface area contributed by atoms with Crippen molar-refractivity contribution < 1.29 is 83.7 Å². The second kappa shape index (κ2) is 7.33. The SMILES string of the molecule is O=C([O-])CCC1=C(C(=O)[O-])N2C(=O)C[C@@H]2S1.[Na+].[Na+]. The van der Waals surface area contributed by atoms with Gasteiger partial charge in [0.05, 0.1) is 23.5 Å². The number of carbonyl (C=O) groups is 3. The minimum Gasteiger partial charge on any atom is -0.550 e. The molecule has 1 fully saturated rings. The third-order valence-electron chi connectivity index (χ3n) is 2.44. The fourth-order valence-electron chi connectivity index (χ4n) is 1.71. The Balaban J connectivity index is 0.00000144. The number of carboxylic acid groups (broad SMARTS) is 2. The zero-order valence-corrected chi connectivity index (χ0v) is 14.9. The van der Waals surface area contributed by atoms with Crippen LogP contribution in [0.2, 0.25) is 0 Å². The van der Waals surface area contributed by atoms with Crippen molar-refractivity contribution in [2.24, 2.45) is 0 Å². The van der Waals surface area contributed by atoms with Crippen molar-refractivity contribution >= 4 is 29.6 Å². The number of rotatable bonds is 4. The molecule has 0 radical (unpaired) electrons. The Kier molecular flexibility index (Phi) is 7.53. The number of carboxylic acids is 2. The number of nitrogens with zero attached hydrogens (tertiary/aromatic N) is 1. The van der Waals surface area contributed by atoms with E-state index in [1.807, 2.05) is 0 Å². The maximum absolute atomic E-state index is 11.2. The molecule has 0 saturated carbocycles. The van der Waals surface area contributed by atoms with Crippen molar-refractivity contribution in [1.29, 1.82) is 0 Å². The molecule has 0 spiro atoms. The summed E-state index contributed by atoms with van der Waals surface area (Å²) >= 11 is 1.22. The van der Waals surface area contributed by atoms with Crippen LogP contribution < -0.4 is 69.3 Å². The van der Waals surface area contributed by atoms with Crippen LogP contribution in [0.15, 0.2) is 10.6 Å². The molecule has 0 aromatic heterocycles. The number of hydrogen-bond acceptors (Lipinski definition) is 6. The molecule has 0 aromatic carbocycles. The summed E-state index contributed by atoms with van der Waals surface area (Å²) in [6.45, 7) is 0. The van der Waals surface area contributed by atoms with E-state index in [4.69, 9.17) is 0 Å². The summed E-state index contributed by atoms with van der Waals surface area (Å²) in [5.41, 5.74) is -0.174. The van der Waals surface area contributed by atoms with Crippen LogP contribution in [-0.2, 0) is 14.4 Å². The first-order chi connectivity index (χ1) is 7.50. The van der Waals surface area contributed by atoms with E-state index in [-0.39, 0.29) is 95.4 Å². The number of β-lactam (4-membered cyclic amide) rings is 1. The predicted molar refractivity (Wildman–Crippen MR) is 49.1 cm³/mol. The molecule has 2 aliphatic rings. The van der Waals surface area contributed by atoms with E-state index in [1.165, 1.54) is 11.8 Å². The minimum absolute atomic E-state index is 0. The summed E-state index contributed by atoms with van der Waals surface area (Å²) in [5.74, 6) is -2.94. The van der Waals surface area contributed by atoms with Gasteiger partial charge >= 0.3 is 59.1 Å². The van der Waals surface area contributed by atoms with Crippen LogP contribution in [0, 0.1) is 0 Å². The van der Waals surface area contributed by atoms with E-state index in [0.717, 1.165) is 4.90 Å². The molecule has 9 heteroatoms. The first-order valence-corrected chi connectivity index (χ1v) is 5.51.